The summed E-state index contributed by atoms with van der Waals surface area (Å²) in [7, 11) is 0. The Bertz CT molecular complexity index is 450. The molecule has 1 amide bonds. The van der Waals surface area contributed by atoms with E-state index in [-0.39, 0.29) is 12.1 Å². The molecule has 5 nitrogen and oxygen atoms in total. The lowest BCUT2D eigenvalue weighted by Crippen LogP contribution is -2.60. The topological polar surface area (TPSA) is 54.5 Å². The molecule has 0 radical (unpaired) electrons. The summed E-state index contributed by atoms with van der Waals surface area (Å²) in [6.45, 7) is 9.09. The summed E-state index contributed by atoms with van der Waals surface area (Å²) < 4.78 is 5.33. The number of carbonyl (C=O) groups excluding carboxylic acids is 1. The average molecular weight is 277 g/mol. The molecule has 2 rings (SSSR count). The molecule has 1 aliphatic heterocycles. The van der Waals surface area contributed by atoms with E-state index in [0.717, 1.165) is 5.69 Å². The molecule has 110 valence electrons. The van der Waals surface area contributed by atoms with Crippen LogP contribution < -0.4 is 5.32 Å². The van der Waals surface area contributed by atoms with Crippen LogP contribution in [0.5, 0.6) is 0 Å². The fraction of sp³-hybridized carbons (Fsp3) is 0.600. The fourth-order valence-corrected chi connectivity index (χ4v) is 2.13. The number of amides is 1. The second-order valence-corrected chi connectivity index (χ2v) is 6.23. The minimum absolute atomic E-state index is 0.182. The van der Waals surface area contributed by atoms with Crippen LogP contribution in [-0.2, 0) is 4.74 Å². The highest BCUT2D eigenvalue weighted by molar-refractivity contribution is 5.69. The van der Waals surface area contributed by atoms with Crippen molar-refractivity contribution >= 4 is 6.09 Å². The number of nitrogens with zero attached hydrogens (tertiary/aromatic N) is 2. The molecule has 1 atom stereocenters. The van der Waals surface area contributed by atoms with Gasteiger partial charge in [-0.1, -0.05) is 6.07 Å². The van der Waals surface area contributed by atoms with Gasteiger partial charge in [0, 0.05) is 31.4 Å². The van der Waals surface area contributed by atoms with Crippen molar-refractivity contribution in [1.82, 2.24) is 15.2 Å². The van der Waals surface area contributed by atoms with Gasteiger partial charge in [0.2, 0.25) is 0 Å². The number of aromatic nitrogens is 1. The first-order valence-electron chi connectivity index (χ1n) is 7.00. The second kappa shape index (κ2) is 5.79. The third-order valence-corrected chi connectivity index (χ3v) is 3.15. The smallest absolute Gasteiger partial charge is 0.410 e. The number of nitrogens with one attached hydrogen (secondary N) is 1. The number of rotatable bonds is 3. The van der Waals surface area contributed by atoms with Gasteiger partial charge in [0.05, 0.1) is 5.69 Å². The van der Waals surface area contributed by atoms with E-state index in [0.29, 0.717) is 19.1 Å². The van der Waals surface area contributed by atoms with Gasteiger partial charge in [-0.2, -0.15) is 0 Å². The maximum absolute atomic E-state index is 11.8. The SMILES string of the molecule is CC(NC1CN(C(=O)OC(C)(C)C)C1)c1ccccn1. The van der Waals surface area contributed by atoms with Crippen molar-refractivity contribution in [2.45, 2.75) is 45.4 Å². The first-order chi connectivity index (χ1) is 9.35. The fourth-order valence-electron chi connectivity index (χ4n) is 2.13. The molecular weight excluding hydrogens is 254 g/mol. The Balaban J connectivity index is 1.76. The molecule has 0 aromatic carbocycles. The molecule has 0 saturated carbocycles. The number of hydrogen-bond donors (Lipinski definition) is 1. The molecule has 2 heterocycles. The van der Waals surface area contributed by atoms with Crippen LogP contribution in [0, 0.1) is 0 Å². The van der Waals surface area contributed by atoms with E-state index in [2.05, 4.69) is 17.2 Å². The predicted molar refractivity (Wildman–Crippen MR) is 77.4 cm³/mol. The Kier molecular flexibility index (Phi) is 4.28. The summed E-state index contributed by atoms with van der Waals surface area (Å²) in [4.78, 5) is 17.8. The van der Waals surface area contributed by atoms with Gasteiger partial charge in [-0.25, -0.2) is 4.79 Å². The molecule has 1 unspecified atom stereocenters. The second-order valence-electron chi connectivity index (χ2n) is 6.23. The third-order valence-electron chi connectivity index (χ3n) is 3.15. The lowest BCUT2D eigenvalue weighted by molar-refractivity contribution is 0.00430. The molecule has 1 aromatic heterocycles. The minimum Gasteiger partial charge on any atom is -0.444 e. The van der Waals surface area contributed by atoms with Crippen molar-refractivity contribution in [3.05, 3.63) is 30.1 Å². The summed E-state index contributed by atoms with van der Waals surface area (Å²) >= 11 is 0. The van der Waals surface area contributed by atoms with Crippen molar-refractivity contribution in [3.8, 4) is 0 Å². The van der Waals surface area contributed by atoms with Crippen molar-refractivity contribution in [2.24, 2.45) is 0 Å². The van der Waals surface area contributed by atoms with E-state index < -0.39 is 5.60 Å². The van der Waals surface area contributed by atoms with Crippen molar-refractivity contribution in [3.63, 3.8) is 0 Å². The lowest BCUT2D eigenvalue weighted by atomic mass is 10.1. The standard InChI is InChI=1S/C15H23N3O2/c1-11(13-7-5-6-8-16-13)17-12-9-18(10-12)14(19)20-15(2,3)4/h5-8,11-12,17H,9-10H2,1-4H3. The normalized spacial score (nSPS) is 17.5. The minimum atomic E-state index is -0.434. The Morgan fingerprint density at radius 3 is 2.70 bits per heavy atom. The monoisotopic (exact) mass is 277 g/mol. The summed E-state index contributed by atoms with van der Waals surface area (Å²) in [6.07, 6.45) is 1.56. The van der Waals surface area contributed by atoms with Crippen LogP contribution in [0.1, 0.15) is 39.4 Å². The van der Waals surface area contributed by atoms with Crippen molar-refractivity contribution in [1.29, 1.82) is 0 Å². The van der Waals surface area contributed by atoms with Crippen LogP contribution >= 0.6 is 0 Å². The molecule has 20 heavy (non-hydrogen) atoms. The highest BCUT2D eigenvalue weighted by atomic mass is 16.6. The number of pyridine rings is 1. The van der Waals surface area contributed by atoms with E-state index in [4.69, 9.17) is 4.74 Å². The zero-order valence-corrected chi connectivity index (χ0v) is 12.6. The van der Waals surface area contributed by atoms with E-state index in [1.54, 1.807) is 11.1 Å². The van der Waals surface area contributed by atoms with Crippen LogP contribution in [0.15, 0.2) is 24.4 Å². The molecule has 1 aromatic rings. The lowest BCUT2D eigenvalue weighted by Gasteiger charge is -2.41. The zero-order chi connectivity index (χ0) is 14.8. The van der Waals surface area contributed by atoms with E-state index >= 15 is 0 Å². The Labute approximate surface area is 120 Å². The van der Waals surface area contributed by atoms with Gasteiger partial charge in [0.25, 0.3) is 0 Å². The van der Waals surface area contributed by atoms with Gasteiger partial charge in [-0.3, -0.25) is 4.98 Å². The van der Waals surface area contributed by atoms with E-state index in [1.807, 2.05) is 39.0 Å². The summed E-state index contributed by atoms with van der Waals surface area (Å²) in [5.74, 6) is 0. The van der Waals surface area contributed by atoms with Crippen molar-refractivity contribution < 1.29 is 9.53 Å². The summed E-state index contributed by atoms with van der Waals surface area (Å²) in [6, 6.07) is 6.38. The van der Waals surface area contributed by atoms with Crippen LogP contribution in [0.25, 0.3) is 0 Å². The first kappa shape index (κ1) is 14.8. The Hall–Kier alpha value is -1.62. The van der Waals surface area contributed by atoms with Crippen LogP contribution in [-0.4, -0.2) is 40.7 Å². The maximum atomic E-state index is 11.8. The van der Waals surface area contributed by atoms with Gasteiger partial charge in [-0.05, 0) is 39.8 Å². The summed E-state index contributed by atoms with van der Waals surface area (Å²) in [5.41, 5.74) is 0.583. The van der Waals surface area contributed by atoms with Gasteiger partial charge in [0.15, 0.2) is 0 Å². The van der Waals surface area contributed by atoms with Crippen molar-refractivity contribution in [2.75, 3.05) is 13.1 Å². The molecule has 0 aliphatic carbocycles. The molecule has 5 heteroatoms. The van der Waals surface area contributed by atoms with Gasteiger partial charge >= 0.3 is 6.09 Å². The number of likely N-dealkylation sites (tertiary alicyclic amines) is 1. The van der Waals surface area contributed by atoms with Gasteiger partial charge in [-0.15, -0.1) is 0 Å². The molecule has 1 fully saturated rings. The van der Waals surface area contributed by atoms with E-state index in [9.17, 15) is 4.79 Å². The zero-order valence-electron chi connectivity index (χ0n) is 12.6. The largest absolute Gasteiger partial charge is 0.444 e. The molecular formula is C15H23N3O2. The molecule has 1 saturated heterocycles. The molecule has 0 spiro atoms. The first-order valence-corrected chi connectivity index (χ1v) is 7.00. The third kappa shape index (κ3) is 3.93. The molecule has 1 N–H and O–H groups in total. The number of carbonyl (C=O) groups is 1. The highest BCUT2D eigenvalue weighted by Gasteiger charge is 2.34. The number of hydrogen-bond acceptors (Lipinski definition) is 4. The number of ether oxygens (including phenoxy) is 1. The van der Waals surface area contributed by atoms with Crippen LogP contribution in [0.2, 0.25) is 0 Å². The van der Waals surface area contributed by atoms with Gasteiger partial charge < -0.3 is 15.0 Å². The highest BCUT2D eigenvalue weighted by Crippen LogP contribution is 2.18. The molecule has 1 aliphatic rings. The van der Waals surface area contributed by atoms with Crippen LogP contribution in [0.3, 0.4) is 0 Å². The Morgan fingerprint density at radius 2 is 2.15 bits per heavy atom. The predicted octanol–water partition coefficient (Wildman–Crippen LogP) is 2.35. The van der Waals surface area contributed by atoms with E-state index in [1.165, 1.54) is 0 Å². The maximum Gasteiger partial charge on any atom is 0.410 e. The van der Waals surface area contributed by atoms with Gasteiger partial charge in [0.1, 0.15) is 5.60 Å². The molecule has 0 bridgehead atoms. The quantitative estimate of drug-likeness (QED) is 0.921. The summed E-state index contributed by atoms with van der Waals surface area (Å²) in [5, 5.41) is 3.47. The average Bonchev–Trinajstić information content (AvgIpc) is 2.31. The van der Waals surface area contributed by atoms with Crippen LogP contribution in [0.4, 0.5) is 4.79 Å². The Morgan fingerprint density at radius 1 is 1.45 bits per heavy atom.